The first kappa shape index (κ1) is 21.1. The molecular weight excluding hydrogens is 374 g/mol. The van der Waals surface area contributed by atoms with E-state index in [-0.39, 0.29) is 5.41 Å². The van der Waals surface area contributed by atoms with Gasteiger partial charge in [-0.15, -0.1) is 0 Å². The molecule has 0 N–H and O–H groups in total. The molecule has 0 radical (unpaired) electrons. The van der Waals surface area contributed by atoms with Crippen molar-refractivity contribution in [3.8, 4) is 0 Å². The summed E-state index contributed by atoms with van der Waals surface area (Å²) in [6.45, 7) is 10.9. The minimum Gasteiger partial charge on any atom is -0.367 e. The zero-order valence-electron chi connectivity index (χ0n) is 20.2. The molecule has 1 fully saturated rings. The van der Waals surface area contributed by atoms with E-state index in [1.807, 2.05) is 0 Å². The zero-order valence-corrected chi connectivity index (χ0v) is 20.2. The Morgan fingerprint density at radius 3 is 2.68 bits per heavy atom. The van der Waals surface area contributed by atoms with Gasteiger partial charge >= 0.3 is 0 Å². The maximum absolute atomic E-state index is 2.72. The van der Waals surface area contributed by atoms with Crippen LogP contribution in [0.4, 0.5) is 0 Å². The summed E-state index contributed by atoms with van der Waals surface area (Å²) in [6.07, 6.45) is 27.9. The predicted octanol–water partition coefficient (Wildman–Crippen LogP) is 7.91. The summed E-state index contributed by atoms with van der Waals surface area (Å²) in [7, 11) is 0. The highest BCUT2D eigenvalue weighted by Gasteiger charge is 2.44. The smallest absolute Gasteiger partial charge is 0.0701 e. The van der Waals surface area contributed by atoms with E-state index >= 15 is 0 Å². The minimum absolute atomic E-state index is 0.137. The fourth-order valence-electron chi connectivity index (χ4n) is 7.02. The molecule has 5 aliphatic rings. The van der Waals surface area contributed by atoms with Gasteiger partial charge in [0.1, 0.15) is 0 Å². The average Bonchev–Trinajstić information content (AvgIpc) is 3.20. The van der Waals surface area contributed by atoms with Crippen LogP contribution in [0.15, 0.2) is 70.5 Å². The normalized spacial score (nSPS) is 32.9. The molecular formula is C30H41N. The lowest BCUT2D eigenvalue weighted by molar-refractivity contribution is 0.300. The second-order valence-electron chi connectivity index (χ2n) is 11.2. The fourth-order valence-corrected chi connectivity index (χ4v) is 7.02. The number of hydrogen-bond acceptors (Lipinski definition) is 1. The second-order valence-corrected chi connectivity index (χ2v) is 11.2. The first-order valence-electron chi connectivity index (χ1n) is 13.0. The van der Waals surface area contributed by atoms with Gasteiger partial charge in [0.05, 0.1) is 6.04 Å². The molecule has 2 heterocycles. The van der Waals surface area contributed by atoms with Crippen LogP contribution in [0.5, 0.6) is 0 Å². The highest BCUT2D eigenvalue weighted by molar-refractivity contribution is 5.56. The Kier molecular flexibility index (Phi) is 5.65. The maximum atomic E-state index is 2.72. The van der Waals surface area contributed by atoms with Crippen LogP contribution in [-0.2, 0) is 0 Å². The molecule has 31 heavy (non-hydrogen) atoms. The van der Waals surface area contributed by atoms with E-state index in [1.165, 1.54) is 57.1 Å². The van der Waals surface area contributed by atoms with Crippen molar-refractivity contribution in [1.82, 2.24) is 4.90 Å². The van der Waals surface area contributed by atoms with Crippen LogP contribution < -0.4 is 0 Å². The summed E-state index contributed by atoms with van der Waals surface area (Å²) in [5, 5.41) is 0. The van der Waals surface area contributed by atoms with E-state index in [4.69, 9.17) is 0 Å². The quantitative estimate of drug-likeness (QED) is 0.451. The van der Waals surface area contributed by atoms with Gasteiger partial charge in [-0.05, 0) is 71.3 Å². The Morgan fingerprint density at radius 2 is 1.94 bits per heavy atom. The van der Waals surface area contributed by atoms with Crippen molar-refractivity contribution in [3.05, 3.63) is 70.5 Å². The molecule has 0 aromatic heterocycles. The Labute approximate surface area is 190 Å². The standard InChI is InChI=1S/C30H41N/c1-5-23-15-17-31-20-27(21(2)3)24(18-22-10-6-7-11-22)19-28(31)29-26(23)14-13-25-12-8-9-16-30(25,29)4/h8-9,12-14,19-23,28H,5-7,10-11,15-18H2,1-4H3/t23?,28?,30-/m0/s1. The van der Waals surface area contributed by atoms with Gasteiger partial charge in [-0.2, -0.15) is 0 Å². The van der Waals surface area contributed by atoms with Crippen molar-refractivity contribution in [2.45, 2.75) is 85.1 Å². The summed E-state index contributed by atoms with van der Waals surface area (Å²) in [5.41, 5.74) is 8.28. The molecule has 0 amide bonds. The Bertz CT molecular complexity index is 899. The van der Waals surface area contributed by atoms with Crippen molar-refractivity contribution in [2.24, 2.45) is 23.2 Å². The van der Waals surface area contributed by atoms with Crippen molar-refractivity contribution in [1.29, 1.82) is 0 Å². The monoisotopic (exact) mass is 415 g/mol. The number of fused-ring (bicyclic) bond motifs is 4. The van der Waals surface area contributed by atoms with Crippen LogP contribution in [0.1, 0.15) is 79.1 Å². The molecule has 0 aromatic rings. The molecule has 5 rings (SSSR count). The summed E-state index contributed by atoms with van der Waals surface area (Å²) < 4.78 is 0. The summed E-state index contributed by atoms with van der Waals surface area (Å²) in [6, 6.07) is 0.426. The van der Waals surface area contributed by atoms with Crippen molar-refractivity contribution in [3.63, 3.8) is 0 Å². The molecule has 0 aromatic carbocycles. The van der Waals surface area contributed by atoms with E-state index in [2.05, 4.69) is 75.3 Å². The van der Waals surface area contributed by atoms with Crippen LogP contribution >= 0.6 is 0 Å². The van der Waals surface area contributed by atoms with Crippen LogP contribution in [-0.4, -0.2) is 17.5 Å². The number of allylic oxidation sites excluding steroid dienone is 9. The molecule has 2 unspecified atom stereocenters. The molecule has 0 spiro atoms. The first-order chi connectivity index (χ1) is 15.0. The number of rotatable bonds is 4. The average molecular weight is 416 g/mol. The van der Waals surface area contributed by atoms with Crippen LogP contribution in [0.25, 0.3) is 0 Å². The Balaban J connectivity index is 1.62. The molecule has 3 aliphatic carbocycles. The van der Waals surface area contributed by atoms with E-state index in [9.17, 15) is 0 Å². The zero-order chi connectivity index (χ0) is 21.6. The molecule has 1 saturated carbocycles. The summed E-state index contributed by atoms with van der Waals surface area (Å²) in [4.78, 5) is 2.72. The first-order valence-corrected chi connectivity index (χ1v) is 13.0. The number of hydrogen-bond donors (Lipinski definition) is 0. The molecule has 1 nitrogen and oxygen atoms in total. The molecule has 0 bridgehead atoms. The third kappa shape index (κ3) is 3.62. The van der Waals surface area contributed by atoms with E-state index in [0.717, 1.165) is 12.3 Å². The van der Waals surface area contributed by atoms with Gasteiger partial charge in [-0.25, -0.2) is 0 Å². The second kappa shape index (κ2) is 8.30. The van der Waals surface area contributed by atoms with Crippen molar-refractivity contribution >= 4 is 0 Å². The van der Waals surface area contributed by atoms with E-state index in [1.54, 1.807) is 22.3 Å². The van der Waals surface area contributed by atoms with Crippen molar-refractivity contribution < 1.29 is 0 Å². The largest absolute Gasteiger partial charge is 0.367 e. The number of nitrogens with zero attached hydrogens (tertiary/aromatic N) is 1. The highest BCUT2D eigenvalue weighted by Crippen LogP contribution is 2.53. The summed E-state index contributed by atoms with van der Waals surface area (Å²) in [5.74, 6) is 2.18. The fraction of sp³-hybridized carbons (Fsp3) is 0.600. The molecule has 1 heteroatoms. The van der Waals surface area contributed by atoms with Gasteiger partial charge in [-0.3, -0.25) is 0 Å². The van der Waals surface area contributed by atoms with Crippen molar-refractivity contribution in [2.75, 3.05) is 6.54 Å². The van der Waals surface area contributed by atoms with Gasteiger partial charge in [0.2, 0.25) is 0 Å². The lowest BCUT2D eigenvalue weighted by Gasteiger charge is -2.45. The SMILES string of the molecule is CCC1CCN2C=C(C(C)C)C(CC3CCCC3)=CC2C2=C1C=CC1=CC=CC[C@@]12C. The summed E-state index contributed by atoms with van der Waals surface area (Å²) >= 11 is 0. The van der Waals surface area contributed by atoms with Gasteiger partial charge in [0.15, 0.2) is 0 Å². The Morgan fingerprint density at radius 1 is 1.13 bits per heavy atom. The molecule has 166 valence electrons. The predicted molar refractivity (Wildman–Crippen MR) is 133 cm³/mol. The lowest BCUT2D eigenvalue weighted by Crippen LogP contribution is -2.41. The van der Waals surface area contributed by atoms with Gasteiger partial charge in [-0.1, -0.05) is 89.8 Å². The van der Waals surface area contributed by atoms with Gasteiger partial charge in [0, 0.05) is 18.2 Å². The maximum Gasteiger partial charge on any atom is 0.0701 e. The molecule has 0 saturated heterocycles. The van der Waals surface area contributed by atoms with E-state index < -0.39 is 0 Å². The van der Waals surface area contributed by atoms with Crippen LogP contribution in [0, 0.1) is 23.2 Å². The molecule has 3 atom stereocenters. The van der Waals surface area contributed by atoms with Gasteiger partial charge < -0.3 is 4.90 Å². The third-order valence-electron chi connectivity index (χ3n) is 8.88. The van der Waals surface area contributed by atoms with Crippen LogP contribution in [0.2, 0.25) is 0 Å². The van der Waals surface area contributed by atoms with Crippen LogP contribution in [0.3, 0.4) is 0 Å². The lowest BCUT2D eigenvalue weighted by atomic mass is 9.62. The Hall–Kier alpha value is -1.76. The minimum atomic E-state index is 0.137. The highest BCUT2D eigenvalue weighted by atomic mass is 15.1. The van der Waals surface area contributed by atoms with Gasteiger partial charge in [0.25, 0.3) is 0 Å². The molecule has 2 aliphatic heterocycles. The van der Waals surface area contributed by atoms with E-state index in [0.29, 0.717) is 17.9 Å². The topological polar surface area (TPSA) is 3.24 Å². The third-order valence-corrected chi connectivity index (χ3v) is 8.88.